The maximum atomic E-state index is 8.88. The number of aromatic amines is 1. The molecule has 0 atom stereocenters. The van der Waals surface area contributed by atoms with Gasteiger partial charge < -0.3 is 19.7 Å². The van der Waals surface area contributed by atoms with Crippen molar-refractivity contribution in [3.05, 3.63) is 18.7 Å². The summed E-state index contributed by atoms with van der Waals surface area (Å²) in [4.78, 5) is 28.0. The average Bonchev–Trinajstić information content (AvgIpc) is 2.07. The van der Waals surface area contributed by atoms with Crippen LogP contribution in [0.1, 0.15) is 0 Å². The monoisotopic (exact) mass is 186 g/mol. The molecule has 0 bridgehead atoms. The van der Waals surface area contributed by atoms with E-state index in [1.54, 1.807) is 18.7 Å². The van der Waals surface area contributed by atoms with Crippen molar-refractivity contribution in [1.29, 1.82) is 0 Å². The Morgan fingerprint density at radius 1 is 1.36 bits per heavy atom. The third-order valence-corrected chi connectivity index (χ3v) is 0.406. The first-order chi connectivity index (χ1) is 4.50. The molecule has 4 N–H and O–H groups in total. The van der Waals surface area contributed by atoms with E-state index >= 15 is 0 Å². The topological polar surface area (TPSA) is 106 Å². The van der Waals surface area contributed by atoms with Gasteiger partial charge in [0.15, 0.2) is 0 Å². The molecule has 0 fully saturated rings. The first kappa shape index (κ1) is 12.9. The predicted octanol–water partition coefficient (Wildman–Crippen LogP) is -0.366. The number of nitrogens with one attached hydrogen (secondary N) is 1. The number of H-pyrrole nitrogens is 1. The fraction of sp³-hybridized carbons (Fsp3) is 0. The molecule has 1 heterocycles. The fourth-order valence-electron chi connectivity index (χ4n) is 0.215. The molecule has 0 radical (unpaired) electrons. The summed E-state index contributed by atoms with van der Waals surface area (Å²) in [6, 6.07) is 0. The summed E-state index contributed by atoms with van der Waals surface area (Å²) in [5.74, 6) is 0. The largest absolute Gasteiger partial charge is 0.466 e. The average molecular weight is 186 g/mol. The van der Waals surface area contributed by atoms with Crippen LogP contribution < -0.4 is 0 Å². The Morgan fingerprint density at radius 3 is 1.91 bits per heavy atom. The van der Waals surface area contributed by atoms with E-state index in [4.69, 9.17) is 19.2 Å². The van der Waals surface area contributed by atoms with Crippen molar-refractivity contribution in [2.45, 2.75) is 0 Å². The van der Waals surface area contributed by atoms with Gasteiger partial charge in [-0.15, -0.1) is 0 Å². The van der Waals surface area contributed by atoms with Gasteiger partial charge in [-0.1, -0.05) is 0 Å². The van der Waals surface area contributed by atoms with Crippen molar-refractivity contribution < 1.29 is 23.9 Å². The first-order valence-electron chi connectivity index (χ1n) is 2.21. The second kappa shape index (κ2) is 5.99. The van der Waals surface area contributed by atoms with E-state index < -0.39 is 7.82 Å². The minimum atomic E-state index is -4.64. The van der Waals surface area contributed by atoms with Crippen LogP contribution in [0.15, 0.2) is 18.7 Å². The first-order valence-corrected chi connectivity index (χ1v) is 3.77. The third kappa shape index (κ3) is 26.9. The molecule has 6 nitrogen and oxygen atoms in total. The summed E-state index contributed by atoms with van der Waals surface area (Å²) in [5.41, 5.74) is 0. The summed E-state index contributed by atoms with van der Waals surface area (Å²) in [5, 5.41) is 0. The molecule has 66 valence electrons. The Hall–Kier alpha value is -0.750. The minimum absolute atomic E-state index is 0. The fourth-order valence-corrected chi connectivity index (χ4v) is 0.215. The molecule has 0 amide bonds. The highest BCUT2D eigenvalue weighted by Gasteiger charge is 2.00. The molecule has 1 rings (SSSR count). The molecule has 0 aromatic carbocycles. The van der Waals surface area contributed by atoms with Gasteiger partial charge in [0, 0.05) is 12.4 Å². The smallest absolute Gasteiger partial charge is 0.351 e. The number of halogens is 1. The summed E-state index contributed by atoms with van der Waals surface area (Å²) >= 11 is 0. The SMILES string of the molecule is F.O=P(O)(O)O.c1c[nH]cn1. The van der Waals surface area contributed by atoms with Crippen molar-refractivity contribution in [3.63, 3.8) is 0 Å². The summed E-state index contributed by atoms with van der Waals surface area (Å²) in [6.07, 6.45) is 5.08. The van der Waals surface area contributed by atoms with E-state index in [-0.39, 0.29) is 4.70 Å². The Bertz CT molecular complexity index is 172. The lowest BCUT2D eigenvalue weighted by molar-refractivity contribution is 0.275. The number of aromatic nitrogens is 2. The predicted molar refractivity (Wildman–Crippen MR) is 35.4 cm³/mol. The number of imidazole rings is 1. The molecule has 0 aliphatic heterocycles. The highest BCUT2D eigenvalue weighted by molar-refractivity contribution is 7.45. The Kier molecular flexibility index (Phi) is 7.02. The van der Waals surface area contributed by atoms with Crippen LogP contribution in [0.25, 0.3) is 0 Å². The second-order valence-electron chi connectivity index (χ2n) is 1.27. The number of rotatable bonds is 0. The molecular weight excluding hydrogens is 178 g/mol. The molecule has 0 aliphatic rings. The van der Waals surface area contributed by atoms with Gasteiger partial charge in [0.05, 0.1) is 6.33 Å². The van der Waals surface area contributed by atoms with Crippen LogP contribution in [-0.2, 0) is 4.57 Å². The summed E-state index contributed by atoms with van der Waals surface area (Å²) in [7, 11) is -4.64. The number of phosphoric acid groups is 1. The van der Waals surface area contributed by atoms with Crippen LogP contribution in [0.4, 0.5) is 4.70 Å². The van der Waals surface area contributed by atoms with Crippen LogP contribution in [0.5, 0.6) is 0 Å². The number of nitrogens with zero attached hydrogens (tertiary/aromatic N) is 1. The van der Waals surface area contributed by atoms with Crippen molar-refractivity contribution in [2.75, 3.05) is 0 Å². The van der Waals surface area contributed by atoms with Gasteiger partial charge in [-0.05, 0) is 0 Å². The van der Waals surface area contributed by atoms with E-state index in [1.165, 1.54) is 0 Å². The molecule has 1 aromatic heterocycles. The highest BCUT2D eigenvalue weighted by atomic mass is 31.2. The van der Waals surface area contributed by atoms with E-state index in [1.807, 2.05) is 0 Å². The van der Waals surface area contributed by atoms with Gasteiger partial charge >= 0.3 is 7.82 Å². The Balaban J connectivity index is 0. The van der Waals surface area contributed by atoms with Crippen molar-refractivity contribution in [3.8, 4) is 0 Å². The van der Waals surface area contributed by atoms with Crippen molar-refractivity contribution in [1.82, 2.24) is 9.97 Å². The Morgan fingerprint density at radius 2 is 1.82 bits per heavy atom. The second-order valence-corrected chi connectivity index (χ2v) is 2.30. The summed E-state index contributed by atoms with van der Waals surface area (Å²) < 4.78 is 8.88. The maximum absolute atomic E-state index is 8.88. The van der Waals surface area contributed by atoms with Crippen LogP contribution in [0.3, 0.4) is 0 Å². The molecule has 8 heteroatoms. The van der Waals surface area contributed by atoms with Crippen LogP contribution in [-0.4, -0.2) is 24.6 Å². The molecule has 0 saturated heterocycles. The van der Waals surface area contributed by atoms with Crippen LogP contribution in [0, 0.1) is 0 Å². The quantitative estimate of drug-likeness (QED) is 0.413. The molecule has 11 heavy (non-hydrogen) atoms. The van der Waals surface area contributed by atoms with E-state index in [2.05, 4.69) is 9.97 Å². The Labute approximate surface area is 61.5 Å². The van der Waals surface area contributed by atoms with E-state index in [0.717, 1.165) is 0 Å². The highest BCUT2D eigenvalue weighted by Crippen LogP contribution is 2.25. The van der Waals surface area contributed by atoms with Gasteiger partial charge in [-0.25, -0.2) is 9.55 Å². The normalized spacial score (nSPS) is 9.00. The van der Waals surface area contributed by atoms with Crippen LogP contribution in [0.2, 0.25) is 0 Å². The molecule has 0 aliphatic carbocycles. The van der Waals surface area contributed by atoms with Gasteiger partial charge in [0.25, 0.3) is 0 Å². The zero-order chi connectivity index (χ0) is 8.04. The molecule has 0 unspecified atom stereocenters. The molecular formula is C3H8FN2O4P. The van der Waals surface area contributed by atoms with Crippen molar-refractivity contribution >= 4 is 7.82 Å². The molecule has 0 saturated carbocycles. The lowest BCUT2D eigenvalue weighted by Crippen LogP contribution is -1.66. The van der Waals surface area contributed by atoms with Gasteiger partial charge in [0.1, 0.15) is 0 Å². The molecule has 0 spiro atoms. The van der Waals surface area contributed by atoms with E-state index in [0.29, 0.717) is 0 Å². The zero-order valence-corrected chi connectivity index (χ0v) is 6.18. The summed E-state index contributed by atoms with van der Waals surface area (Å²) in [6.45, 7) is 0. The maximum Gasteiger partial charge on any atom is 0.466 e. The lowest BCUT2D eigenvalue weighted by atomic mass is 11.0. The standard InChI is InChI=1S/C3H4N2.FH.H3O4P/c1-2-5-3-4-1;;1-5(2,3)4/h1-3H,(H,4,5);1H;(H3,1,2,3,4). The van der Waals surface area contributed by atoms with Gasteiger partial charge in [-0.2, -0.15) is 0 Å². The van der Waals surface area contributed by atoms with Crippen molar-refractivity contribution in [2.24, 2.45) is 0 Å². The van der Waals surface area contributed by atoms with E-state index in [9.17, 15) is 0 Å². The molecule has 1 aromatic rings. The number of hydrogen-bond donors (Lipinski definition) is 4. The zero-order valence-electron chi connectivity index (χ0n) is 5.28. The number of hydrogen-bond acceptors (Lipinski definition) is 2. The van der Waals surface area contributed by atoms with Gasteiger partial charge in [-0.3, -0.25) is 4.70 Å². The van der Waals surface area contributed by atoms with Crippen LogP contribution >= 0.6 is 7.82 Å². The third-order valence-electron chi connectivity index (χ3n) is 0.406. The minimum Gasteiger partial charge on any atom is -0.351 e. The van der Waals surface area contributed by atoms with Gasteiger partial charge in [0.2, 0.25) is 0 Å². The lowest BCUT2D eigenvalue weighted by Gasteiger charge is -1.82.